The van der Waals surface area contributed by atoms with Gasteiger partial charge >= 0.3 is 0 Å². The Bertz CT molecular complexity index is 615. The molecule has 1 aromatic rings. The average molecular weight is 286 g/mol. The highest BCUT2D eigenvalue weighted by Crippen LogP contribution is 2.33. The minimum atomic E-state index is -3.95. The number of primary sulfonamides is 1. The lowest BCUT2D eigenvalue weighted by molar-refractivity contribution is 0.0944. The summed E-state index contributed by atoms with van der Waals surface area (Å²) in [6.45, 7) is 2.01. The maximum absolute atomic E-state index is 13.6. The third-order valence-electron chi connectivity index (χ3n) is 3.27. The molecular weight excluding hydrogens is 271 g/mol. The summed E-state index contributed by atoms with van der Waals surface area (Å²) in [5.74, 6) is -0.948. The van der Waals surface area contributed by atoms with Gasteiger partial charge in [-0.1, -0.05) is 13.3 Å². The fraction of sp³-hybridized carbons (Fsp3) is 0.417. The van der Waals surface area contributed by atoms with Crippen LogP contribution >= 0.6 is 0 Å². The molecule has 19 heavy (non-hydrogen) atoms. The van der Waals surface area contributed by atoms with Crippen LogP contribution in [0.4, 0.5) is 4.39 Å². The molecule has 0 bridgehead atoms. The summed E-state index contributed by atoms with van der Waals surface area (Å²) in [5.41, 5.74) is -0.298. The van der Waals surface area contributed by atoms with Crippen molar-refractivity contribution in [3.63, 3.8) is 0 Å². The van der Waals surface area contributed by atoms with Gasteiger partial charge in [0.15, 0.2) is 0 Å². The van der Waals surface area contributed by atoms with E-state index in [1.807, 2.05) is 6.92 Å². The molecule has 1 fully saturated rings. The molecule has 1 aliphatic rings. The number of amides is 1. The number of carbonyl (C=O) groups excluding carboxylic acids is 1. The van der Waals surface area contributed by atoms with Crippen molar-refractivity contribution in [1.29, 1.82) is 0 Å². The van der Waals surface area contributed by atoms with Crippen molar-refractivity contribution in [3.8, 4) is 0 Å². The fourth-order valence-corrected chi connectivity index (χ4v) is 2.52. The van der Waals surface area contributed by atoms with Gasteiger partial charge in [0.25, 0.3) is 5.91 Å². The molecular formula is C12H15FN2O3S. The minimum Gasteiger partial charge on any atom is -0.349 e. The van der Waals surface area contributed by atoms with Crippen LogP contribution in [0.5, 0.6) is 0 Å². The van der Waals surface area contributed by atoms with Gasteiger partial charge < -0.3 is 5.32 Å². The largest absolute Gasteiger partial charge is 0.349 e. The standard InChI is InChI=1S/C12H15FN2O3S/c1-2-7-5-11(7)15-12(16)9-6-8(19(14,17)18)3-4-10(9)13/h3-4,6-7,11H,2,5H2,1H3,(H,15,16)(H2,14,17,18). The van der Waals surface area contributed by atoms with Crippen LogP contribution in [0.1, 0.15) is 30.1 Å². The van der Waals surface area contributed by atoms with E-state index in [1.54, 1.807) is 0 Å². The number of nitrogens with one attached hydrogen (secondary N) is 1. The van der Waals surface area contributed by atoms with Gasteiger partial charge in [-0.25, -0.2) is 17.9 Å². The van der Waals surface area contributed by atoms with E-state index in [1.165, 1.54) is 0 Å². The van der Waals surface area contributed by atoms with Gasteiger partial charge in [-0.3, -0.25) is 4.79 Å². The van der Waals surface area contributed by atoms with Crippen LogP contribution in [0.2, 0.25) is 0 Å². The van der Waals surface area contributed by atoms with Gasteiger partial charge in [0, 0.05) is 6.04 Å². The molecule has 1 aromatic carbocycles. The molecule has 3 N–H and O–H groups in total. The summed E-state index contributed by atoms with van der Waals surface area (Å²) < 4.78 is 35.9. The quantitative estimate of drug-likeness (QED) is 0.865. The lowest BCUT2D eigenvalue weighted by atomic mass is 10.2. The Morgan fingerprint density at radius 3 is 2.74 bits per heavy atom. The third kappa shape index (κ3) is 3.10. The molecule has 1 saturated carbocycles. The number of hydrogen-bond acceptors (Lipinski definition) is 3. The Morgan fingerprint density at radius 2 is 2.21 bits per heavy atom. The molecule has 2 rings (SSSR count). The summed E-state index contributed by atoms with van der Waals surface area (Å²) in [6, 6.07) is 2.98. The van der Waals surface area contributed by atoms with E-state index in [-0.39, 0.29) is 16.5 Å². The second kappa shape index (κ2) is 4.90. The third-order valence-corrected chi connectivity index (χ3v) is 4.19. The smallest absolute Gasteiger partial charge is 0.254 e. The number of sulfonamides is 1. The van der Waals surface area contributed by atoms with Crippen molar-refractivity contribution in [2.45, 2.75) is 30.7 Å². The maximum atomic E-state index is 13.6. The van der Waals surface area contributed by atoms with Crippen LogP contribution < -0.4 is 10.5 Å². The van der Waals surface area contributed by atoms with E-state index in [0.717, 1.165) is 31.0 Å². The SMILES string of the molecule is CCC1CC1NC(=O)c1cc(S(N)(=O)=O)ccc1F. The molecule has 0 aliphatic heterocycles. The summed E-state index contributed by atoms with van der Waals surface area (Å²) in [7, 11) is -3.95. The molecule has 1 aliphatic carbocycles. The number of benzene rings is 1. The second-order valence-corrected chi connectivity index (χ2v) is 6.23. The van der Waals surface area contributed by atoms with Crippen LogP contribution in [-0.4, -0.2) is 20.4 Å². The molecule has 5 nitrogen and oxygen atoms in total. The summed E-state index contributed by atoms with van der Waals surface area (Å²) in [4.78, 5) is 11.6. The number of nitrogens with two attached hydrogens (primary N) is 1. The van der Waals surface area contributed by atoms with E-state index >= 15 is 0 Å². The molecule has 0 aromatic heterocycles. The van der Waals surface area contributed by atoms with Crippen LogP contribution in [-0.2, 0) is 10.0 Å². The van der Waals surface area contributed by atoms with Crippen LogP contribution in [0.25, 0.3) is 0 Å². The van der Waals surface area contributed by atoms with Crippen LogP contribution in [0.3, 0.4) is 0 Å². The Balaban J connectivity index is 2.21. The van der Waals surface area contributed by atoms with Crippen molar-refractivity contribution < 1.29 is 17.6 Å². The molecule has 0 spiro atoms. The van der Waals surface area contributed by atoms with Crippen LogP contribution in [0.15, 0.2) is 23.1 Å². The molecule has 0 radical (unpaired) electrons. The second-order valence-electron chi connectivity index (χ2n) is 4.67. The van der Waals surface area contributed by atoms with E-state index < -0.39 is 21.7 Å². The lowest BCUT2D eigenvalue weighted by Crippen LogP contribution is -2.28. The van der Waals surface area contributed by atoms with Crippen molar-refractivity contribution in [2.75, 3.05) is 0 Å². The Morgan fingerprint density at radius 1 is 1.53 bits per heavy atom. The number of rotatable bonds is 4. The number of halogens is 1. The predicted octanol–water partition coefficient (Wildman–Crippen LogP) is 1.00. The van der Waals surface area contributed by atoms with Gasteiger partial charge in [-0.05, 0) is 30.5 Å². The van der Waals surface area contributed by atoms with Gasteiger partial charge in [0.1, 0.15) is 5.82 Å². The van der Waals surface area contributed by atoms with Crippen molar-refractivity contribution in [2.24, 2.45) is 11.1 Å². The first-order valence-corrected chi connectivity index (χ1v) is 7.50. The lowest BCUT2D eigenvalue weighted by Gasteiger charge is -2.07. The maximum Gasteiger partial charge on any atom is 0.254 e. The van der Waals surface area contributed by atoms with E-state index in [2.05, 4.69) is 5.32 Å². The van der Waals surface area contributed by atoms with Gasteiger partial charge in [-0.15, -0.1) is 0 Å². The van der Waals surface area contributed by atoms with Gasteiger partial charge in [-0.2, -0.15) is 0 Å². The molecule has 0 heterocycles. The zero-order valence-corrected chi connectivity index (χ0v) is 11.2. The predicted molar refractivity (Wildman–Crippen MR) is 67.4 cm³/mol. The van der Waals surface area contributed by atoms with Crippen LogP contribution in [0, 0.1) is 11.7 Å². The molecule has 7 heteroatoms. The monoisotopic (exact) mass is 286 g/mol. The summed E-state index contributed by atoms with van der Waals surface area (Å²) in [6.07, 6.45) is 1.82. The first kappa shape index (κ1) is 14.0. The molecule has 2 atom stereocenters. The highest BCUT2D eigenvalue weighted by molar-refractivity contribution is 7.89. The minimum absolute atomic E-state index is 0.0510. The van der Waals surface area contributed by atoms with E-state index in [4.69, 9.17) is 5.14 Å². The Kier molecular flexibility index (Phi) is 3.60. The first-order valence-electron chi connectivity index (χ1n) is 5.96. The van der Waals surface area contributed by atoms with Crippen molar-refractivity contribution in [1.82, 2.24) is 5.32 Å². The van der Waals surface area contributed by atoms with Gasteiger partial charge in [0.2, 0.25) is 10.0 Å². The van der Waals surface area contributed by atoms with E-state index in [9.17, 15) is 17.6 Å². The summed E-state index contributed by atoms with van der Waals surface area (Å²) in [5, 5.41) is 7.63. The number of hydrogen-bond donors (Lipinski definition) is 2. The van der Waals surface area contributed by atoms with E-state index in [0.29, 0.717) is 5.92 Å². The Hall–Kier alpha value is -1.47. The zero-order chi connectivity index (χ0) is 14.2. The molecule has 1 amide bonds. The highest BCUT2D eigenvalue weighted by Gasteiger charge is 2.37. The zero-order valence-electron chi connectivity index (χ0n) is 10.4. The highest BCUT2D eigenvalue weighted by atomic mass is 32.2. The first-order chi connectivity index (χ1) is 8.82. The molecule has 2 unspecified atom stereocenters. The molecule has 0 saturated heterocycles. The Labute approximate surface area is 111 Å². The normalized spacial score (nSPS) is 22.1. The van der Waals surface area contributed by atoms with Crippen molar-refractivity contribution in [3.05, 3.63) is 29.6 Å². The van der Waals surface area contributed by atoms with Crippen molar-refractivity contribution >= 4 is 15.9 Å². The molecule has 104 valence electrons. The average Bonchev–Trinajstić information content (AvgIpc) is 3.06. The fourth-order valence-electron chi connectivity index (χ4n) is 1.98. The topological polar surface area (TPSA) is 89.3 Å². The number of carbonyl (C=O) groups is 1. The van der Waals surface area contributed by atoms with Gasteiger partial charge in [0.05, 0.1) is 10.5 Å². The summed E-state index contributed by atoms with van der Waals surface area (Å²) >= 11 is 0.